The summed E-state index contributed by atoms with van der Waals surface area (Å²) in [6.45, 7) is 1.97. The van der Waals surface area contributed by atoms with Crippen LogP contribution < -0.4 is 10.1 Å². The summed E-state index contributed by atoms with van der Waals surface area (Å²) < 4.78 is 7.08. The molecule has 1 aromatic carbocycles. The minimum absolute atomic E-state index is 0.0945. The van der Waals surface area contributed by atoms with Crippen molar-refractivity contribution in [3.05, 3.63) is 42.2 Å². The molecular weight excluding hydrogens is 396 g/mol. The summed E-state index contributed by atoms with van der Waals surface area (Å²) in [4.78, 5) is 17.2. The molecule has 2 aromatic heterocycles. The number of carbonyl (C=O) groups excluding carboxylic acids is 1. The van der Waals surface area contributed by atoms with Crippen molar-refractivity contribution < 1.29 is 9.53 Å². The third-order valence-electron chi connectivity index (χ3n) is 5.54. The number of aromatic nitrogens is 3. The number of benzene rings is 1. The molecule has 0 aliphatic heterocycles. The normalized spacial score (nSPS) is 15.1. The molecule has 2 heterocycles. The summed E-state index contributed by atoms with van der Waals surface area (Å²) in [6.07, 6.45) is 9.02. The predicted octanol–water partition coefficient (Wildman–Crippen LogP) is 4.64. The Hall–Kier alpha value is -2.54. The number of aryl methyl sites for hydroxylation is 1. The van der Waals surface area contributed by atoms with Crippen LogP contribution in [-0.2, 0) is 4.79 Å². The Morgan fingerprint density at radius 3 is 2.63 bits per heavy atom. The summed E-state index contributed by atoms with van der Waals surface area (Å²) in [6, 6.07) is 10.2. The number of hydrogen-bond acceptors (Lipinski definition) is 5. The summed E-state index contributed by atoms with van der Waals surface area (Å²) in [5, 5.41) is 8.70. The Labute approximate surface area is 181 Å². The van der Waals surface area contributed by atoms with E-state index in [1.165, 1.54) is 37.4 Å². The second kappa shape index (κ2) is 9.51. The van der Waals surface area contributed by atoms with Crippen molar-refractivity contribution in [2.45, 2.75) is 56.5 Å². The zero-order chi connectivity index (χ0) is 20.9. The minimum atomic E-state index is 0.0945. The SMILES string of the molecule is COc1ccc(-c2cnn3c(SCC(=O)NC4CCCCCC4)cc(C)nc23)cc1. The van der Waals surface area contributed by atoms with E-state index < -0.39 is 0 Å². The van der Waals surface area contributed by atoms with E-state index in [4.69, 9.17) is 9.72 Å². The summed E-state index contributed by atoms with van der Waals surface area (Å²) >= 11 is 1.51. The largest absolute Gasteiger partial charge is 0.497 e. The average Bonchev–Trinajstić information content (AvgIpc) is 3.00. The van der Waals surface area contributed by atoms with Gasteiger partial charge < -0.3 is 10.1 Å². The average molecular weight is 425 g/mol. The van der Waals surface area contributed by atoms with Gasteiger partial charge >= 0.3 is 0 Å². The third-order valence-corrected chi connectivity index (χ3v) is 6.53. The van der Waals surface area contributed by atoms with Crippen molar-refractivity contribution in [2.75, 3.05) is 12.9 Å². The molecule has 0 saturated heterocycles. The lowest BCUT2D eigenvalue weighted by molar-refractivity contribution is -0.119. The highest BCUT2D eigenvalue weighted by atomic mass is 32.2. The number of hydrogen-bond donors (Lipinski definition) is 1. The number of nitrogens with zero attached hydrogens (tertiary/aromatic N) is 3. The molecule has 0 radical (unpaired) electrons. The standard InChI is InChI=1S/C23H28N4O2S/c1-16-13-22(30-15-21(28)26-18-7-5-3-4-6-8-18)27-23(25-16)20(14-24-27)17-9-11-19(29-2)12-10-17/h9-14,18H,3-8,15H2,1-2H3,(H,26,28). The summed E-state index contributed by atoms with van der Waals surface area (Å²) in [7, 11) is 1.66. The topological polar surface area (TPSA) is 68.5 Å². The fraction of sp³-hybridized carbons (Fsp3) is 0.435. The highest BCUT2D eigenvalue weighted by Crippen LogP contribution is 2.29. The monoisotopic (exact) mass is 424 g/mol. The Morgan fingerprint density at radius 1 is 1.20 bits per heavy atom. The van der Waals surface area contributed by atoms with E-state index >= 15 is 0 Å². The Morgan fingerprint density at radius 2 is 1.93 bits per heavy atom. The van der Waals surface area contributed by atoms with Crippen LogP contribution in [0, 0.1) is 6.92 Å². The van der Waals surface area contributed by atoms with E-state index in [1.807, 2.05) is 48.0 Å². The second-order valence-electron chi connectivity index (χ2n) is 7.80. The van der Waals surface area contributed by atoms with Gasteiger partial charge in [-0.1, -0.05) is 49.6 Å². The fourth-order valence-electron chi connectivity index (χ4n) is 3.96. The molecule has 1 amide bonds. The summed E-state index contributed by atoms with van der Waals surface area (Å²) in [5.74, 6) is 1.29. The van der Waals surface area contributed by atoms with Crippen LogP contribution in [0.4, 0.5) is 0 Å². The van der Waals surface area contributed by atoms with Crippen molar-refractivity contribution >= 4 is 23.3 Å². The van der Waals surface area contributed by atoms with Gasteiger partial charge in [0.25, 0.3) is 0 Å². The van der Waals surface area contributed by atoms with Crippen LogP contribution in [0.15, 0.2) is 41.6 Å². The zero-order valence-corrected chi connectivity index (χ0v) is 18.4. The Bertz CT molecular complexity index is 1010. The first kappa shape index (κ1) is 20.7. The van der Waals surface area contributed by atoms with Crippen molar-refractivity contribution in [3.8, 4) is 16.9 Å². The van der Waals surface area contributed by atoms with Gasteiger partial charge in [-0.2, -0.15) is 5.10 Å². The fourth-order valence-corrected chi connectivity index (χ4v) is 4.83. The maximum atomic E-state index is 12.5. The number of carbonyl (C=O) groups is 1. The van der Waals surface area contributed by atoms with Crippen molar-refractivity contribution in [2.24, 2.45) is 0 Å². The lowest BCUT2D eigenvalue weighted by atomic mass is 10.1. The molecule has 1 aliphatic rings. The molecule has 3 aromatic rings. The summed E-state index contributed by atoms with van der Waals surface area (Å²) in [5.41, 5.74) is 3.70. The maximum Gasteiger partial charge on any atom is 0.230 e. The molecule has 30 heavy (non-hydrogen) atoms. The van der Waals surface area contributed by atoms with E-state index in [9.17, 15) is 4.79 Å². The van der Waals surface area contributed by atoms with Crippen molar-refractivity contribution in [1.29, 1.82) is 0 Å². The number of amides is 1. The second-order valence-corrected chi connectivity index (χ2v) is 8.80. The van der Waals surface area contributed by atoms with Gasteiger partial charge in [-0.3, -0.25) is 4.79 Å². The molecule has 1 fully saturated rings. The van der Waals surface area contributed by atoms with Gasteiger partial charge in [0.1, 0.15) is 10.8 Å². The van der Waals surface area contributed by atoms with Crippen molar-refractivity contribution in [1.82, 2.24) is 19.9 Å². The molecule has 4 rings (SSSR count). The highest BCUT2D eigenvalue weighted by Gasteiger charge is 2.17. The van der Waals surface area contributed by atoms with Crippen LogP contribution in [0.1, 0.15) is 44.2 Å². The maximum absolute atomic E-state index is 12.5. The van der Waals surface area contributed by atoms with Crippen LogP contribution in [-0.4, -0.2) is 39.4 Å². The van der Waals surface area contributed by atoms with Gasteiger partial charge in [0.05, 0.1) is 19.1 Å². The van der Waals surface area contributed by atoms with Gasteiger partial charge in [0.15, 0.2) is 5.65 Å². The molecule has 0 atom stereocenters. The van der Waals surface area contributed by atoms with Gasteiger partial charge in [-0.05, 0) is 43.5 Å². The predicted molar refractivity (Wildman–Crippen MR) is 120 cm³/mol. The Kier molecular flexibility index (Phi) is 6.57. The highest BCUT2D eigenvalue weighted by molar-refractivity contribution is 7.99. The minimum Gasteiger partial charge on any atom is -0.497 e. The molecule has 1 aliphatic carbocycles. The molecule has 1 saturated carbocycles. The number of ether oxygens (including phenoxy) is 1. The molecule has 7 heteroatoms. The van der Waals surface area contributed by atoms with Crippen LogP contribution in [0.2, 0.25) is 0 Å². The number of rotatable bonds is 6. The molecular formula is C23H28N4O2S. The number of fused-ring (bicyclic) bond motifs is 1. The third kappa shape index (κ3) is 4.78. The quantitative estimate of drug-likeness (QED) is 0.355. The number of thioether (sulfide) groups is 1. The zero-order valence-electron chi connectivity index (χ0n) is 17.6. The van der Waals surface area contributed by atoms with E-state index in [0.717, 1.165) is 46.1 Å². The first-order chi connectivity index (χ1) is 14.6. The smallest absolute Gasteiger partial charge is 0.230 e. The molecule has 0 unspecified atom stereocenters. The van der Waals surface area contributed by atoms with Gasteiger partial charge in [-0.25, -0.2) is 9.50 Å². The van der Waals surface area contributed by atoms with Gasteiger partial charge in [0, 0.05) is 17.3 Å². The lowest BCUT2D eigenvalue weighted by Gasteiger charge is -2.16. The van der Waals surface area contributed by atoms with Crippen LogP contribution >= 0.6 is 11.8 Å². The lowest BCUT2D eigenvalue weighted by Crippen LogP contribution is -2.35. The molecule has 6 nitrogen and oxygen atoms in total. The molecule has 0 bridgehead atoms. The van der Waals surface area contributed by atoms with Crippen LogP contribution in [0.25, 0.3) is 16.8 Å². The van der Waals surface area contributed by atoms with E-state index in [1.54, 1.807) is 7.11 Å². The number of nitrogens with one attached hydrogen (secondary N) is 1. The first-order valence-corrected chi connectivity index (χ1v) is 11.5. The van der Waals surface area contributed by atoms with E-state index in [-0.39, 0.29) is 5.91 Å². The van der Waals surface area contributed by atoms with Gasteiger partial charge in [0.2, 0.25) is 5.91 Å². The van der Waals surface area contributed by atoms with E-state index in [0.29, 0.717) is 11.8 Å². The van der Waals surface area contributed by atoms with Crippen LogP contribution in [0.3, 0.4) is 0 Å². The molecule has 0 spiro atoms. The molecule has 158 valence electrons. The van der Waals surface area contributed by atoms with Crippen LogP contribution in [0.5, 0.6) is 5.75 Å². The van der Waals surface area contributed by atoms with Gasteiger partial charge in [-0.15, -0.1) is 0 Å². The Balaban J connectivity index is 1.50. The van der Waals surface area contributed by atoms with E-state index in [2.05, 4.69) is 10.4 Å². The number of methoxy groups -OCH3 is 1. The first-order valence-electron chi connectivity index (χ1n) is 10.6. The molecule has 1 N–H and O–H groups in total. The van der Waals surface area contributed by atoms with Crippen molar-refractivity contribution in [3.63, 3.8) is 0 Å².